The van der Waals surface area contributed by atoms with Crippen molar-refractivity contribution < 1.29 is 9.90 Å². The van der Waals surface area contributed by atoms with Crippen molar-refractivity contribution in [1.82, 2.24) is 20.1 Å². The highest BCUT2D eigenvalue weighted by molar-refractivity contribution is 5.90. The van der Waals surface area contributed by atoms with Crippen LogP contribution in [-0.4, -0.2) is 50.3 Å². The lowest BCUT2D eigenvalue weighted by Crippen LogP contribution is -2.36. The number of nitrogens with zero attached hydrogens (tertiary/aromatic N) is 3. The predicted molar refractivity (Wildman–Crippen MR) is 64.1 cm³/mol. The molecule has 2 N–H and O–H groups in total. The fourth-order valence-corrected chi connectivity index (χ4v) is 2.59. The number of H-pyrrole nitrogens is 1. The molecule has 1 aromatic rings. The maximum Gasteiger partial charge on any atom is 0.293 e. The molecule has 1 atom stereocenters. The Hall–Kier alpha value is -1.43. The van der Waals surface area contributed by atoms with E-state index in [0.717, 1.165) is 38.1 Å². The number of hydrogen-bond acceptors (Lipinski definition) is 4. The maximum absolute atomic E-state index is 12.3. The van der Waals surface area contributed by atoms with E-state index >= 15 is 0 Å². The monoisotopic (exact) mass is 250 g/mol. The van der Waals surface area contributed by atoms with E-state index in [9.17, 15) is 4.79 Å². The number of carbonyl (C=O) groups is 1. The Labute approximate surface area is 105 Å². The number of hydrogen-bond donors (Lipinski definition) is 2. The predicted octanol–water partition coefficient (Wildman–Crippen LogP) is 0.669. The van der Waals surface area contributed by atoms with E-state index in [1.54, 1.807) is 4.90 Å². The molecule has 3 rings (SSSR count). The Morgan fingerprint density at radius 1 is 1.44 bits per heavy atom. The number of aliphatic hydroxyl groups excluding tert-OH is 1. The minimum atomic E-state index is -0.103. The average Bonchev–Trinajstić information content (AvgIpc) is 2.93. The highest BCUT2D eigenvalue weighted by Crippen LogP contribution is 2.37. The van der Waals surface area contributed by atoms with Crippen molar-refractivity contribution in [3.05, 3.63) is 11.6 Å². The third-order valence-electron chi connectivity index (χ3n) is 3.76. The lowest BCUT2D eigenvalue weighted by Gasteiger charge is -2.22. The molecule has 0 spiro atoms. The molecule has 98 valence electrons. The van der Waals surface area contributed by atoms with Crippen LogP contribution >= 0.6 is 0 Å². The number of aromatic nitrogens is 3. The minimum Gasteiger partial charge on any atom is -0.396 e. The molecule has 0 aromatic carbocycles. The second kappa shape index (κ2) is 4.68. The number of aromatic amines is 1. The van der Waals surface area contributed by atoms with E-state index < -0.39 is 0 Å². The van der Waals surface area contributed by atoms with Gasteiger partial charge in [0.05, 0.1) is 0 Å². The molecule has 1 saturated heterocycles. The largest absolute Gasteiger partial charge is 0.396 e. The molecule has 18 heavy (non-hydrogen) atoms. The highest BCUT2D eigenvalue weighted by Gasteiger charge is 2.33. The Morgan fingerprint density at radius 3 is 3.00 bits per heavy atom. The van der Waals surface area contributed by atoms with Crippen molar-refractivity contribution in [3.8, 4) is 0 Å². The summed E-state index contributed by atoms with van der Waals surface area (Å²) in [6.07, 6.45) is 4.88. The summed E-state index contributed by atoms with van der Waals surface area (Å²) in [6, 6.07) is 0.144. The van der Waals surface area contributed by atoms with E-state index in [1.165, 1.54) is 0 Å². The first-order valence-corrected chi connectivity index (χ1v) is 6.63. The van der Waals surface area contributed by atoms with E-state index in [2.05, 4.69) is 15.2 Å². The van der Waals surface area contributed by atoms with Crippen LogP contribution in [0.1, 0.15) is 54.5 Å². The first-order chi connectivity index (χ1) is 8.79. The van der Waals surface area contributed by atoms with Gasteiger partial charge in [0.15, 0.2) is 0 Å². The topological polar surface area (TPSA) is 82.1 Å². The quantitative estimate of drug-likeness (QED) is 0.822. The number of amides is 1. The fourth-order valence-electron chi connectivity index (χ4n) is 2.59. The molecule has 2 aliphatic rings. The number of rotatable bonds is 4. The molecule has 1 aliphatic carbocycles. The van der Waals surface area contributed by atoms with Gasteiger partial charge in [0.1, 0.15) is 5.82 Å². The number of nitrogens with one attached hydrogen (secondary N) is 1. The molecule has 1 aromatic heterocycles. The van der Waals surface area contributed by atoms with Gasteiger partial charge in [0.2, 0.25) is 5.82 Å². The van der Waals surface area contributed by atoms with Crippen molar-refractivity contribution in [2.45, 2.75) is 44.1 Å². The number of aliphatic hydroxyl groups is 1. The zero-order valence-corrected chi connectivity index (χ0v) is 10.3. The van der Waals surface area contributed by atoms with Gasteiger partial charge in [-0.3, -0.25) is 9.89 Å². The molecule has 1 saturated carbocycles. The Kier molecular flexibility index (Phi) is 3.03. The summed E-state index contributed by atoms with van der Waals surface area (Å²) in [6.45, 7) is 0.868. The van der Waals surface area contributed by atoms with Gasteiger partial charge in [0.25, 0.3) is 5.91 Å². The van der Waals surface area contributed by atoms with Gasteiger partial charge in [-0.1, -0.05) is 0 Å². The molecular weight excluding hydrogens is 232 g/mol. The van der Waals surface area contributed by atoms with Crippen LogP contribution in [0.15, 0.2) is 0 Å². The van der Waals surface area contributed by atoms with Crippen LogP contribution in [0.3, 0.4) is 0 Å². The van der Waals surface area contributed by atoms with Gasteiger partial charge in [0, 0.05) is 25.1 Å². The minimum absolute atomic E-state index is 0.103. The Balaban J connectivity index is 1.71. The molecule has 6 heteroatoms. The molecule has 2 fully saturated rings. The zero-order chi connectivity index (χ0) is 12.5. The van der Waals surface area contributed by atoms with Crippen LogP contribution in [0.5, 0.6) is 0 Å². The second-order valence-electron chi connectivity index (χ2n) is 5.13. The van der Waals surface area contributed by atoms with Gasteiger partial charge in [-0.15, -0.1) is 5.10 Å². The molecule has 0 bridgehead atoms. The van der Waals surface area contributed by atoms with Gasteiger partial charge >= 0.3 is 0 Å². The molecule has 1 unspecified atom stereocenters. The van der Waals surface area contributed by atoms with E-state index in [-0.39, 0.29) is 24.4 Å². The first-order valence-electron chi connectivity index (χ1n) is 6.63. The SMILES string of the molecule is O=C(c1n[nH]c(C2CC2)n1)N1CCCC1CCO. The molecular formula is C12H18N4O2. The maximum atomic E-state index is 12.3. The summed E-state index contributed by atoms with van der Waals surface area (Å²) in [5, 5.41) is 15.9. The van der Waals surface area contributed by atoms with Crippen LogP contribution < -0.4 is 0 Å². The zero-order valence-electron chi connectivity index (χ0n) is 10.3. The third kappa shape index (κ3) is 2.12. The molecule has 0 radical (unpaired) electrons. The van der Waals surface area contributed by atoms with Crippen molar-refractivity contribution in [2.24, 2.45) is 0 Å². The van der Waals surface area contributed by atoms with E-state index in [0.29, 0.717) is 12.3 Å². The van der Waals surface area contributed by atoms with Crippen molar-refractivity contribution in [1.29, 1.82) is 0 Å². The van der Waals surface area contributed by atoms with Gasteiger partial charge in [-0.2, -0.15) is 0 Å². The summed E-state index contributed by atoms with van der Waals surface area (Å²) in [7, 11) is 0. The lowest BCUT2D eigenvalue weighted by molar-refractivity contribution is 0.0704. The van der Waals surface area contributed by atoms with E-state index in [4.69, 9.17) is 5.11 Å². The third-order valence-corrected chi connectivity index (χ3v) is 3.76. The summed E-state index contributed by atoms with van der Waals surface area (Å²) in [5.41, 5.74) is 0. The van der Waals surface area contributed by atoms with Crippen LogP contribution in [0, 0.1) is 0 Å². The molecule has 1 amide bonds. The van der Waals surface area contributed by atoms with Crippen LogP contribution in [-0.2, 0) is 0 Å². The van der Waals surface area contributed by atoms with Crippen LogP contribution in [0.2, 0.25) is 0 Å². The summed E-state index contributed by atoms with van der Waals surface area (Å²) < 4.78 is 0. The Bertz CT molecular complexity index is 441. The fraction of sp³-hybridized carbons (Fsp3) is 0.750. The van der Waals surface area contributed by atoms with Crippen molar-refractivity contribution >= 4 is 5.91 Å². The van der Waals surface area contributed by atoms with Gasteiger partial charge in [-0.25, -0.2) is 4.98 Å². The van der Waals surface area contributed by atoms with Gasteiger partial charge < -0.3 is 10.0 Å². The smallest absolute Gasteiger partial charge is 0.293 e. The highest BCUT2D eigenvalue weighted by atomic mass is 16.3. The van der Waals surface area contributed by atoms with Crippen LogP contribution in [0.4, 0.5) is 0 Å². The lowest BCUT2D eigenvalue weighted by atomic mass is 10.1. The van der Waals surface area contributed by atoms with Crippen molar-refractivity contribution in [3.63, 3.8) is 0 Å². The molecule has 6 nitrogen and oxygen atoms in total. The number of carbonyl (C=O) groups excluding carboxylic acids is 1. The van der Waals surface area contributed by atoms with E-state index in [1.807, 2.05) is 0 Å². The van der Waals surface area contributed by atoms with Gasteiger partial charge in [-0.05, 0) is 32.1 Å². The Morgan fingerprint density at radius 2 is 2.28 bits per heavy atom. The summed E-state index contributed by atoms with van der Waals surface area (Å²) in [5.74, 6) is 1.50. The normalized spacial score (nSPS) is 23.6. The summed E-state index contributed by atoms with van der Waals surface area (Å²) >= 11 is 0. The molecule has 1 aliphatic heterocycles. The second-order valence-corrected chi connectivity index (χ2v) is 5.13. The number of likely N-dealkylation sites (tertiary alicyclic amines) is 1. The standard InChI is InChI=1S/C12H18N4O2/c17-7-5-9-2-1-6-16(9)12(18)11-13-10(14-15-11)8-3-4-8/h8-9,17H,1-7H2,(H,13,14,15). The van der Waals surface area contributed by atoms with Crippen molar-refractivity contribution in [2.75, 3.05) is 13.2 Å². The summed E-state index contributed by atoms with van der Waals surface area (Å²) in [4.78, 5) is 18.4. The first kappa shape index (κ1) is 11.6. The molecule has 2 heterocycles. The van der Waals surface area contributed by atoms with Crippen LogP contribution in [0.25, 0.3) is 0 Å². The average molecular weight is 250 g/mol.